The Morgan fingerprint density at radius 2 is 2.21 bits per heavy atom. The molecule has 1 saturated heterocycles. The first-order valence-electron chi connectivity index (χ1n) is 7.01. The third-order valence-electron chi connectivity index (χ3n) is 3.10. The highest BCUT2D eigenvalue weighted by atomic mass is 16.5. The zero-order chi connectivity index (χ0) is 13.3. The van der Waals surface area contributed by atoms with Gasteiger partial charge in [-0.3, -0.25) is 4.98 Å². The number of rotatable bonds is 6. The van der Waals surface area contributed by atoms with E-state index in [0.717, 1.165) is 50.6 Å². The molecule has 1 aliphatic rings. The maximum atomic E-state index is 5.64. The molecule has 106 valence electrons. The van der Waals surface area contributed by atoms with E-state index in [0.29, 0.717) is 13.2 Å². The normalized spacial score (nSPS) is 16.2. The molecular weight excluding hydrogens is 242 g/mol. The minimum absolute atomic E-state index is 0.570. The van der Waals surface area contributed by atoms with Crippen LogP contribution >= 0.6 is 0 Å². The van der Waals surface area contributed by atoms with Gasteiger partial charge in [-0.1, -0.05) is 0 Å². The van der Waals surface area contributed by atoms with Crippen molar-refractivity contribution in [3.05, 3.63) is 18.5 Å². The fraction of sp³-hybridized carbons (Fsp3) is 0.643. The highest BCUT2D eigenvalue weighted by Gasteiger charge is 2.10. The van der Waals surface area contributed by atoms with Gasteiger partial charge in [0.15, 0.2) is 0 Å². The number of nitrogens with zero attached hydrogens (tertiary/aromatic N) is 2. The lowest BCUT2D eigenvalue weighted by atomic mass is 10.3. The van der Waals surface area contributed by atoms with E-state index in [1.165, 1.54) is 0 Å². The van der Waals surface area contributed by atoms with E-state index in [1.807, 2.05) is 13.1 Å². The average Bonchev–Trinajstić information content (AvgIpc) is 2.73. The number of hydrogen-bond acceptors (Lipinski definition) is 5. The second kappa shape index (κ2) is 7.96. The molecule has 1 fully saturated rings. The Kier molecular flexibility index (Phi) is 5.91. The molecular formula is C14H23N3O2. The summed E-state index contributed by atoms with van der Waals surface area (Å²) in [7, 11) is 0. The summed E-state index contributed by atoms with van der Waals surface area (Å²) in [6, 6.07) is 2.06. The van der Waals surface area contributed by atoms with Crippen LogP contribution in [0.25, 0.3) is 0 Å². The fourth-order valence-corrected chi connectivity index (χ4v) is 2.13. The molecule has 0 saturated carbocycles. The zero-order valence-corrected chi connectivity index (χ0v) is 11.6. The predicted octanol–water partition coefficient (Wildman–Crippen LogP) is 1.30. The SMILES string of the molecule is CCOCCOc1cncc(N2CCCNCC2)c1. The van der Waals surface area contributed by atoms with Crippen molar-refractivity contribution in [1.29, 1.82) is 0 Å². The number of ether oxygens (including phenoxy) is 2. The Labute approximate surface area is 114 Å². The molecule has 1 aliphatic heterocycles. The van der Waals surface area contributed by atoms with Crippen LogP contribution in [-0.2, 0) is 4.74 Å². The summed E-state index contributed by atoms with van der Waals surface area (Å²) in [4.78, 5) is 6.61. The topological polar surface area (TPSA) is 46.6 Å². The lowest BCUT2D eigenvalue weighted by Crippen LogP contribution is -2.27. The monoisotopic (exact) mass is 265 g/mol. The third kappa shape index (κ3) is 4.69. The molecule has 1 aromatic heterocycles. The van der Waals surface area contributed by atoms with Gasteiger partial charge >= 0.3 is 0 Å². The van der Waals surface area contributed by atoms with Crippen LogP contribution in [-0.4, -0.2) is 51.0 Å². The number of aromatic nitrogens is 1. The second-order valence-corrected chi connectivity index (χ2v) is 4.51. The molecule has 19 heavy (non-hydrogen) atoms. The molecule has 0 amide bonds. The first-order chi connectivity index (χ1) is 9.40. The highest BCUT2D eigenvalue weighted by molar-refractivity contribution is 5.48. The van der Waals surface area contributed by atoms with Gasteiger partial charge in [0, 0.05) is 32.3 Å². The molecule has 2 rings (SSSR count). The third-order valence-corrected chi connectivity index (χ3v) is 3.10. The van der Waals surface area contributed by atoms with Crippen LogP contribution in [0.15, 0.2) is 18.5 Å². The first-order valence-corrected chi connectivity index (χ1v) is 7.01. The summed E-state index contributed by atoms with van der Waals surface area (Å²) >= 11 is 0. The Balaban J connectivity index is 1.90. The van der Waals surface area contributed by atoms with Gasteiger partial charge < -0.3 is 19.7 Å². The van der Waals surface area contributed by atoms with Crippen LogP contribution in [0, 0.1) is 0 Å². The lowest BCUT2D eigenvalue weighted by Gasteiger charge is -2.22. The molecule has 0 bridgehead atoms. The van der Waals surface area contributed by atoms with Crippen molar-refractivity contribution >= 4 is 5.69 Å². The number of nitrogens with one attached hydrogen (secondary N) is 1. The van der Waals surface area contributed by atoms with E-state index < -0.39 is 0 Å². The van der Waals surface area contributed by atoms with Crippen LogP contribution < -0.4 is 15.0 Å². The van der Waals surface area contributed by atoms with Gasteiger partial charge in [-0.25, -0.2) is 0 Å². The fourth-order valence-electron chi connectivity index (χ4n) is 2.13. The van der Waals surface area contributed by atoms with Crippen molar-refractivity contribution < 1.29 is 9.47 Å². The second-order valence-electron chi connectivity index (χ2n) is 4.51. The van der Waals surface area contributed by atoms with Crippen LogP contribution in [0.3, 0.4) is 0 Å². The van der Waals surface area contributed by atoms with Crippen molar-refractivity contribution in [2.75, 3.05) is 50.9 Å². The van der Waals surface area contributed by atoms with E-state index >= 15 is 0 Å². The van der Waals surface area contributed by atoms with E-state index in [2.05, 4.69) is 21.3 Å². The van der Waals surface area contributed by atoms with Gasteiger partial charge in [-0.15, -0.1) is 0 Å². The molecule has 0 radical (unpaired) electrons. The van der Waals surface area contributed by atoms with E-state index in [9.17, 15) is 0 Å². The van der Waals surface area contributed by atoms with E-state index in [4.69, 9.17) is 9.47 Å². The number of anilines is 1. The smallest absolute Gasteiger partial charge is 0.139 e. The van der Waals surface area contributed by atoms with Gasteiger partial charge in [0.05, 0.1) is 24.7 Å². The molecule has 1 aromatic rings. The molecule has 0 aliphatic carbocycles. The average molecular weight is 265 g/mol. The van der Waals surface area contributed by atoms with Gasteiger partial charge in [0.25, 0.3) is 0 Å². The van der Waals surface area contributed by atoms with Gasteiger partial charge in [-0.2, -0.15) is 0 Å². The summed E-state index contributed by atoms with van der Waals surface area (Å²) in [6.07, 6.45) is 4.82. The minimum Gasteiger partial charge on any atom is -0.489 e. The highest BCUT2D eigenvalue weighted by Crippen LogP contribution is 2.20. The van der Waals surface area contributed by atoms with Gasteiger partial charge in [0.2, 0.25) is 0 Å². The molecule has 0 unspecified atom stereocenters. The molecule has 0 atom stereocenters. The lowest BCUT2D eigenvalue weighted by molar-refractivity contribution is 0.110. The zero-order valence-electron chi connectivity index (χ0n) is 11.6. The summed E-state index contributed by atoms with van der Waals surface area (Å²) in [6.45, 7) is 8.10. The van der Waals surface area contributed by atoms with Crippen molar-refractivity contribution in [2.45, 2.75) is 13.3 Å². The Hall–Kier alpha value is -1.33. The van der Waals surface area contributed by atoms with Crippen LogP contribution in [0.2, 0.25) is 0 Å². The molecule has 0 aromatic carbocycles. The van der Waals surface area contributed by atoms with Gasteiger partial charge in [0.1, 0.15) is 12.4 Å². The van der Waals surface area contributed by atoms with Crippen LogP contribution in [0.5, 0.6) is 5.75 Å². The van der Waals surface area contributed by atoms with E-state index in [1.54, 1.807) is 6.20 Å². The van der Waals surface area contributed by atoms with Crippen molar-refractivity contribution in [2.24, 2.45) is 0 Å². The maximum absolute atomic E-state index is 5.64. The van der Waals surface area contributed by atoms with Crippen LogP contribution in [0.1, 0.15) is 13.3 Å². The molecule has 5 nitrogen and oxygen atoms in total. The molecule has 0 spiro atoms. The summed E-state index contributed by atoms with van der Waals surface area (Å²) in [5.41, 5.74) is 1.14. The maximum Gasteiger partial charge on any atom is 0.139 e. The predicted molar refractivity (Wildman–Crippen MR) is 75.9 cm³/mol. The quantitative estimate of drug-likeness (QED) is 0.786. The summed E-state index contributed by atoms with van der Waals surface area (Å²) < 4.78 is 10.9. The standard InChI is InChI=1S/C14H23N3O2/c1-2-18-8-9-19-14-10-13(11-16-12-14)17-6-3-4-15-5-7-17/h10-12,15H,2-9H2,1H3. The molecule has 5 heteroatoms. The summed E-state index contributed by atoms with van der Waals surface area (Å²) in [5.74, 6) is 0.814. The molecule has 2 heterocycles. The summed E-state index contributed by atoms with van der Waals surface area (Å²) in [5, 5.41) is 3.40. The number of pyridine rings is 1. The Bertz CT molecular complexity index is 365. The number of hydrogen-bond donors (Lipinski definition) is 1. The van der Waals surface area contributed by atoms with Crippen molar-refractivity contribution in [3.63, 3.8) is 0 Å². The largest absolute Gasteiger partial charge is 0.489 e. The van der Waals surface area contributed by atoms with Crippen molar-refractivity contribution in [1.82, 2.24) is 10.3 Å². The van der Waals surface area contributed by atoms with Crippen molar-refractivity contribution in [3.8, 4) is 5.75 Å². The van der Waals surface area contributed by atoms with Crippen LogP contribution in [0.4, 0.5) is 5.69 Å². The Morgan fingerprint density at radius 3 is 3.11 bits per heavy atom. The Morgan fingerprint density at radius 1 is 1.26 bits per heavy atom. The van der Waals surface area contributed by atoms with E-state index in [-0.39, 0.29) is 0 Å². The molecule has 1 N–H and O–H groups in total. The minimum atomic E-state index is 0.570. The first kappa shape index (κ1) is 14.1. The van der Waals surface area contributed by atoms with Gasteiger partial charge in [-0.05, 0) is 19.9 Å².